The van der Waals surface area contributed by atoms with Crippen molar-refractivity contribution in [2.24, 2.45) is 0 Å². The van der Waals surface area contributed by atoms with Crippen LogP contribution < -0.4 is 5.32 Å². The van der Waals surface area contributed by atoms with Crippen molar-refractivity contribution in [3.63, 3.8) is 0 Å². The highest BCUT2D eigenvalue weighted by atomic mass is 16.3. The lowest BCUT2D eigenvalue weighted by Crippen LogP contribution is -2.52. The molecule has 138 valence electrons. The Morgan fingerprint density at radius 1 is 1.12 bits per heavy atom. The van der Waals surface area contributed by atoms with Crippen LogP contribution in [-0.2, 0) is 9.59 Å². The minimum atomic E-state index is -0.579. The van der Waals surface area contributed by atoms with Crippen LogP contribution in [0.3, 0.4) is 0 Å². The van der Waals surface area contributed by atoms with E-state index < -0.39 is 11.9 Å². The first kappa shape index (κ1) is 18.1. The quantitative estimate of drug-likeness (QED) is 0.558. The molecule has 2 heterocycles. The van der Waals surface area contributed by atoms with E-state index in [0.29, 0.717) is 32.7 Å². The third kappa shape index (κ3) is 4.09. The van der Waals surface area contributed by atoms with Crippen molar-refractivity contribution in [3.8, 4) is 0 Å². The van der Waals surface area contributed by atoms with Crippen molar-refractivity contribution in [2.45, 2.75) is 0 Å². The van der Waals surface area contributed by atoms with Gasteiger partial charge in [-0.3, -0.25) is 14.5 Å². The molecule has 26 heavy (non-hydrogen) atoms. The van der Waals surface area contributed by atoms with Crippen molar-refractivity contribution in [1.82, 2.24) is 20.0 Å². The van der Waals surface area contributed by atoms with Crippen LogP contribution in [-0.4, -0.2) is 83.5 Å². The number of benzene rings is 1. The van der Waals surface area contributed by atoms with Gasteiger partial charge in [-0.15, -0.1) is 0 Å². The van der Waals surface area contributed by atoms with Gasteiger partial charge in [0.15, 0.2) is 0 Å². The van der Waals surface area contributed by atoms with Crippen LogP contribution in [0.2, 0.25) is 0 Å². The zero-order valence-electron chi connectivity index (χ0n) is 14.4. The van der Waals surface area contributed by atoms with Crippen LogP contribution in [0.4, 0.5) is 4.79 Å². The van der Waals surface area contributed by atoms with Gasteiger partial charge in [0.2, 0.25) is 5.91 Å². The van der Waals surface area contributed by atoms with Crippen LogP contribution in [0.25, 0.3) is 6.08 Å². The number of nitrogens with one attached hydrogen (secondary N) is 1. The molecular formula is C18H22N4O4. The maximum atomic E-state index is 12.4. The van der Waals surface area contributed by atoms with E-state index in [9.17, 15) is 14.4 Å². The standard InChI is InChI=1S/C18H22N4O4/c23-11-10-20-6-8-21(9-7-20)16(24)13-22-17(25)15(19-18(22)26)12-14-4-2-1-3-5-14/h1-5,12,23H,6-11,13H2,(H,19,26)/b15-12-. The van der Waals surface area contributed by atoms with Crippen LogP contribution >= 0.6 is 0 Å². The number of carbonyl (C=O) groups is 3. The fourth-order valence-corrected chi connectivity index (χ4v) is 3.03. The zero-order chi connectivity index (χ0) is 18.5. The molecule has 4 amide bonds. The Kier molecular flexibility index (Phi) is 5.65. The van der Waals surface area contributed by atoms with Crippen molar-refractivity contribution in [2.75, 3.05) is 45.9 Å². The Hall–Kier alpha value is -2.71. The van der Waals surface area contributed by atoms with Gasteiger partial charge in [-0.1, -0.05) is 30.3 Å². The lowest BCUT2D eigenvalue weighted by atomic mass is 10.2. The van der Waals surface area contributed by atoms with Crippen LogP contribution in [0.1, 0.15) is 5.56 Å². The third-order valence-electron chi connectivity index (χ3n) is 4.51. The molecule has 3 rings (SSSR count). The summed E-state index contributed by atoms with van der Waals surface area (Å²) in [6.45, 7) is 2.80. The van der Waals surface area contributed by atoms with E-state index in [0.717, 1.165) is 10.5 Å². The molecule has 1 aromatic carbocycles. The topological polar surface area (TPSA) is 93.2 Å². The highest BCUT2D eigenvalue weighted by Gasteiger charge is 2.36. The summed E-state index contributed by atoms with van der Waals surface area (Å²) in [6, 6.07) is 8.61. The predicted octanol–water partition coefficient (Wildman–Crippen LogP) is -0.284. The number of carbonyl (C=O) groups excluding carboxylic acids is 3. The van der Waals surface area contributed by atoms with E-state index in [1.807, 2.05) is 30.3 Å². The van der Waals surface area contributed by atoms with Gasteiger partial charge in [-0.2, -0.15) is 0 Å². The summed E-state index contributed by atoms with van der Waals surface area (Å²) >= 11 is 0. The van der Waals surface area contributed by atoms with Gasteiger partial charge in [0.1, 0.15) is 12.2 Å². The molecule has 8 nitrogen and oxygen atoms in total. The Labute approximate surface area is 151 Å². The molecule has 0 saturated carbocycles. The largest absolute Gasteiger partial charge is 0.395 e. The average molecular weight is 358 g/mol. The maximum Gasteiger partial charge on any atom is 0.329 e. The van der Waals surface area contributed by atoms with Crippen LogP contribution in [0.5, 0.6) is 0 Å². The van der Waals surface area contributed by atoms with Crippen LogP contribution in [0.15, 0.2) is 36.0 Å². The van der Waals surface area contributed by atoms with Gasteiger partial charge in [0.25, 0.3) is 5.91 Å². The van der Waals surface area contributed by atoms with E-state index in [1.165, 1.54) is 0 Å². The molecule has 0 aliphatic carbocycles. The van der Waals surface area contributed by atoms with Gasteiger partial charge in [0, 0.05) is 32.7 Å². The fourth-order valence-electron chi connectivity index (χ4n) is 3.03. The Morgan fingerprint density at radius 3 is 2.46 bits per heavy atom. The van der Waals surface area contributed by atoms with Gasteiger partial charge in [-0.25, -0.2) is 9.69 Å². The predicted molar refractivity (Wildman–Crippen MR) is 94.8 cm³/mol. The van der Waals surface area contributed by atoms with Crippen molar-refractivity contribution < 1.29 is 19.5 Å². The molecule has 2 aliphatic heterocycles. The molecule has 2 saturated heterocycles. The van der Waals surface area contributed by atoms with Crippen LogP contribution in [0, 0.1) is 0 Å². The zero-order valence-corrected chi connectivity index (χ0v) is 14.4. The van der Waals surface area contributed by atoms with Crippen molar-refractivity contribution in [1.29, 1.82) is 0 Å². The summed E-state index contributed by atoms with van der Waals surface area (Å²) in [5, 5.41) is 11.5. The first-order valence-corrected chi connectivity index (χ1v) is 8.59. The van der Waals surface area contributed by atoms with E-state index in [1.54, 1.807) is 11.0 Å². The highest BCUT2D eigenvalue weighted by molar-refractivity contribution is 6.15. The molecule has 0 atom stereocenters. The minimum Gasteiger partial charge on any atom is -0.395 e. The number of rotatable bonds is 5. The lowest BCUT2D eigenvalue weighted by Gasteiger charge is -2.34. The molecule has 0 spiro atoms. The van der Waals surface area contributed by atoms with E-state index in [4.69, 9.17) is 5.11 Å². The number of nitrogens with zero attached hydrogens (tertiary/aromatic N) is 3. The molecular weight excluding hydrogens is 336 g/mol. The summed E-state index contributed by atoms with van der Waals surface area (Å²) in [4.78, 5) is 41.6. The minimum absolute atomic E-state index is 0.0902. The van der Waals surface area contributed by atoms with Gasteiger partial charge in [-0.05, 0) is 11.6 Å². The van der Waals surface area contributed by atoms with E-state index in [2.05, 4.69) is 10.2 Å². The lowest BCUT2D eigenvalue weighted by molar-refractivity contribution is -0.137. The monoisotopic (exact) mass is 358 g/mol. The first-order chi connectivity index (χ1) is 12.6. The number of imide groups is 1. The number of amides is 4. The van der Waals surface area contributed by atoms with Gasteiger partial charge < -0.3 is 15.3 Å². The number of aliphatic hydroxyl groups excluding tert-OH is 1. The van der Waals surface area contributed by atoms with Gasteiger partial charge >= 0.3 is 6.03 Å². The number of urea groups is 1. The number of piperazine rings is 1. The van der Waals surface area contributed by atoms with E-state index in [-0.39, 0.29) is 24.8 Å². The molecule has 8 heteroatoms. The average Bonchev–Trinajstić information content (AvgIpc) is 2.91. The van der Waals surface area contributed by atoms with Crippen molar-refractivity contribution >= 4 is 23.9 Å². The number of aliphatic hydroxyl groups is 1. The van der Waals surface area contributed by atoms with Gasteiger partial charge in [0.05, 0.1) is 6.61 Å². The number of hydrogen-bond acceptors (Lipinski definition) is 5. The highest BCUT2D eigenvalue weighted by Crippen LogP contribution is 2.14. The second-order valence-electron chi connectivity index (χ2n) is 6.24. The molecule has 2 aliphatic rings. The smallest absolute Gasteiger partial charge is 0.329 e. The molecule has 0 aromatic heterocycles. The third-order valence-corrected chi connectivity index (χ3v) is 4.51. The molecule has 2 fully saturated rings. The van der Waals surface area contributed by atoms with Crippen molar-refractivity contribution in [3.05, 3.63) is 41.6 Å². The normalized spacial score (nSPS) is 20.0. The Balaban J connectivity index is 1.60. The SMILES string of the molecule is O=C(CN1C(=O)N/C(=C\c2ccccc2)C1=O)N1CCN(CCO)CC1. The molecule has 0 radical (unpaired) electrons. The Morgan fingerprint density at radius 2 is 1.81 bits per heavy atom. The maximum absolute atomic E-state index is 12.4. The van der Waals surface area contributed by atoms with E-state index >= 15 is 0 Å². The summed E-state index contributed by atoms with van der Waals surface area (Å²) in [5.74, 6) is -0.746. The molecule has 0 bridgehead atoms. The second-order valence-corrected chi connectivity index (χ2v) is 6.24. The molecule has 1 aromatic rings. The summed E-state index contributed by atoms with van der Waals surface area (Å²) in [6.07, 6.45) is 1.60. The number of hydrogen-bond donors (Lipinski definition) is 2. The molecule has 0 unspecified atom stereocenters. The second kappa shape index (κ2) is 8.11. The number of β-amino-alcohol motifs (C(OH)–C–C–N with tert-alkyl or cyclic N) is 1. The Bertz CT molecular complexity index is 711. The summed E-state index contributed by atoms with van der Waals surface area (Å²) in [7, 11) is 0. The summed E-state index contributed by atoms with van der Waals surface area (Å²) in [5.41, 5.74) is 0.964. The fraction of sp³-hybridized carbons (Fsp3) is 0.389. The summed E-state index contributed by atoms with van der Waals surface area (Å²) < 4.78 is 0. The molecule has 2 N–H and O–H groups in total. The first-order valence-electron chi connectivity index (χ1n) is 8.59.